The average Bonchev–Trinajstić information content (AvgIpc) is 3.51. The Balaban J connectivity index is 1.34. The molecule has 0 radical (unpaired) electrons. The second-order valence-corrected chi connectivity index (χ2v) is 12.9. The highest BCUT2D eigenvalue weighted by Crippen LogP contribution is 2.73. The summed E-state index contributed by atoms with van der Waals surface area (Å²) in [6.07, 6.45) is 8.86. The van der Waals surface area contributed by atoms with E-state index in [2.05, 4.69) is 18.2 Å². The van der Waals surface area contributed by atoms with Crippen LogP contribution in [-0.2, 0) is 27.7 Å². The Morgan fingerprint density at radius 3 is 2.52 bits per heavy atom. The van der Waals surface area contributed by atoms with Crippen LogP contribution in [0.25, 0.3) is 0 Å². The maximum absolute atomic E-state index is 13.4. The summed E-state index contributed by atoms with van der Waals surface area (Å²) in [6.45, 7) is 1.07. The van der Waals surface area contributed by atoms with Gasteiger partial charge in [-0.1, -0.05) is 53.9 Å². The Morgan fingerprint density at radius 2 is 1.84 bits per heavy atom. The first-order valence-electron chi connectivity index (χ1n) is 11.4. The number of hydrogen-bond donors (Lipinski definition) is 0. The minimum Gasteiger partial charge on any atom is -0.212 e. The molecule has 0 aromatic heterocycles. The summed E-state index contributed by atoms with van der Waals surface area (Å²) in [5.74, 6) is 0.445. The van der Waals surface area contributed by atoms with E-state index in [-0.39, 0.29) is 5.75 Å². The van der Waals surface area contributed by atoms with Gasteiger partial charge in [0.25, 0.3) is 0 Å². The van der Waals surface area contributed by atoms with E-state index in [4.69, 9.17) is 23.2 Å². The number of fused-ring (bicyclic) bond motifs is 2. The van der Waals surface area contributed by atoms with Crippen LogP contribution in [0.1, 0.15) is 73.1 Å². The van der Waals surface area contributed by atoms with Crippen LogP contribution in [0.3, 0.4) is 0 Å². The quantitative estimate of drug-likeness (QED) is 0.513. The normalized spacial score (nSPS) is 25.7. The topological polar surface area (TPSA) is 37.4 Å². The van der Waals surface area contributed by atoms with Crippen LogP contribution in [0.2, 0.25) is 10.0 Å². The van der Waals surface area contributed by atoms with Crippen LogP contribution in [0.4, 0.5) is 0 Å². The van der Waals surface area contributed by atoms with E-state index in [0.29, 0.717) is 45.4 Å². The molecule has 6 rings (SSSR count). The van der Waals surface area contributed by atoms with Crippen LogP contribution < -0.4 is 0 Å². The number of benzene rings is 2. The largest absolute Gasteiger partial charge is 0.218 e. The van der Waals surface area contributed by atoms with Gasteiger partial charge in [-0.05, 0) is 84.2 Å². The zero-order valence-electron chi connectivity index (χ0n) is 17.5. The van der Waals surface area contributed by atoms with Crippen molar-refractivity contribution >= 4 is 33.2 Å². The molecule has 2 aromatic carbocycles. The SMILES string of the molecule is O=S(=O)(Cc1ccc(Cl)c(Cl)c1)N1CCC2CC3(CCC3)C3(CC3)c3cccc(c32)C1. The van der Waals surface area contributed by atoms with Gasteiger partial charge in [0.1, 0.15) is 0 Å². The van der Waals surface area contributed by atoms with Crippen molar-refractivity contribution in [1.29, 1.82) is 0 Å². The van der Waals surface area contributed by atoms with E-state index in [9.17, 15) is 8.42 Å². The lowest BCUT2D eigenvalue weighted by molar-refractivity contribution is 0.0422. The number of hydrogen-bond acceptors (Lipinski definition) is 2. The molecule has 3 aliphatic carbocycles. The molecular formula is C25H27Cl2NO2S. The number of nitrogens with zero attached hydrogens (tertiary/aromatic N) is 1. The van der Waals surface area contributed by atoms with Crippen molar-refractivity contribution in [3.05, 3.63) is 68.7 Å². The minimum absolute atomic E-state index is 0.0442. The highest BCUT2D eigenvalue weighted by atomic mass is 35.5. The molecule has 1 aliphatic heterocycles. The molecule has 2 aromatic rings. The molecule has 4 aliphatic rings. The lowest BCUT2D eigenvalue weighted by atomic mass is 9.49. The smallest absolute Gasteiger partial charge is 0.212 e. The van der Waals surface area contributed by atoms with E-state index in [0.717, 1.165) is 6.42 Å². The van der Waals surface area contributed by atoms with E-state index in [1.54, 1.807) is 28.1 Å². The molecule has 1 atom stereocenters. The molecule has 6 heteroatoms. The van der Waals surface area contributed by atoms with Gasteiger partial charge in [-0.15, -0.1) is 0 Å². The van der Waals surface area contributed by atoms with Crippen molar-refractivity contribution in [2.24, 2.45) is 5.41 Å². The predicted molar refractivity (Wildman–Crippen MR) is 125 cm³/mol. The third kappa shape index (κ3) is 3.05. The van der Waals surface area contributed by atoms with Gasteiger partial charge in [0.05, 0.1) is 15.8 Å². The first-order chi connectivity index (χ1) is 14.8. The van der Waals surface area contributed by atoms with Crippen LogP contribution in [0.15, 0.2) is 36.4 Å². The molecule has 3 nitrogen and oxygen atoms in total. The molecule has 164 valence electrons. The lowest BCUT2D eigenvalue weighted by Gasteiger charge is -2.55. The summed E-state index contributed by atoms with van der Waals surface area (Å²) in [6, 6.07) is 11.8. The molecule has 31 heavy (non-hydrogen) atoms. The summed E-state index contributed by atoms with van der Waals surface area (Å²) in [4.78, 5) is 0. The van der Waals surface area contributed by atoms with Crippen molar-refractivity contribution < 1.29 is 8.42 Å². The molecule has 2 saturated carbocycles. The van der Waals surface area contributed by atoms with Crippen LogP contribution in [0, 0.1) is 5.41 Å². The van der Waals surface area contributed by atoms with Gasteiger partial charge in [0, 0.05) is 18.5 Å². The Kier molecular flexibility index (Phi) is 4.61. The molecule has 1 unspecified atom stereocenters. The van der Waals surface area contributed by atoms with Crippen molar-refractivity contribution in [3.63, 3.8) is 0 Å². The van der Waals surface area contributed by atoms with Crippen LogP contribution in [-0.4, -0.2) is 19.3 Å². The van der Waals surface area contributed by atoms with E-state index in [1.165, 1.54) is 49.7 Å². The molecule has 0 bridgehead atoms. The number of halogens is 2. The summed E-state index contributed by atoms with van der Waals surface area (Å²) in [5, 5.41) is 0.839. The summed E-state index contributed by atoms with van der Waals surface area (Å²) in [7, 11) is -3.46. The van der Waals surface area contributed by atoms with Gasteiger partial charge in [-0.25, -0.2) is 8.42 Å². The minimum atomic E-state index is -3.46. The van der Waals surface area contributed by atoms with E-state index >= 15 is 0 Å². The molecule has 2 spiro atoms. The monoisotopic (exact) mass is 475 g/mol. The van der Waals surface area contributed by atoms with Crippen LogP contribution >= 0.6 is 23.2 Å². The fourth-order valence-corrected chi connectivity index (χ4v) is 8.72. The van der Waals surface area contributed by atoms with Gasteiger partial charge in [0.2, 0.25) is 10.0 Å². The molecular weight excluding hydrogens is 449 g/mol. The highest BCUT2D eigenvalue weighted by Gasteiger charge is 2.65. The van der Waals surface area contributed by atoms with E-state index in [1.807, 2.05) is 0 Å². The molecule has 0 saturated heterocycles. The summed E-state index contributed by atoms with van der Waals surface area (Å²) < 4.78 is 28.5. The van der Waals surface area contributed by atoms with Crippen molar-refractivity contribution in [2.45, 2.75) is 68.6 Å². The number of sulfonamides is 1. The fourth-order valence-electron chi connectivity index (χ4n) is 6.90. The second-order valence-electron chi connectivity index (χ2n) is 10.1. The molecule has 1 heterocycles. The zero-order valence-corrected chi connectivity index (χ0v) is 19.9. The van der Waals surface area contributed by atoms with Crippen molar-refractivity contribution in [3.8, 4) is 0 Å². The van der Waals surface area contributed by atoms with Gasteiger partial charge in [0.15, 0.2) is 0 Å². The number of rotatable bonds is 3. The lowest BCUT2D eigenvalue weighted by Crippen LogP contribution is -2.46. The van der Waals surface area contributed by atoms with Crippen LogP contribution in [0.5, 0.6) is 0 Å². The van der Waals surface area contributed by atoms with Crippen molar-refractivity contribution in [1.82, 2.24) is 4.31 Å². The summed E-state index contributed by atoms with van der Waals surface area (Å²) in [5.41, 5.74) is 5.82. The molecule has 0 N–H and O–H groups in total. The van der Waals surface area contributed by atoms with Gasteiger partial charge in [-0.3, -0.25) is 0 Å². The Bertz CT molecular complexity index is 1170. The first-order valence-corrected chi connectivity index (χ1v) is 13.7. The maximum Gasteiger partial charge on any atom is 0.218 e. The highest BCUT2D eigenvalue weighted by molar-refractivity contribution is 7.88. The van der Waals surface area contributed by atoms with Gasteiger partial charge < -0.3 is 0 Å². The Labute approximate surface area is 194 Å². The third-order valence-electron chi connectivity index (χ3n) is 8.63. The first kappa shape index (κ1) is 20.5. The van der Waals surface area contributed by atoms with Gasteiger partial charge >= 0.3 is 0 Å². The third-order valence-corrected chi connectivity index (χ3v) is 11.2. The second kappa shape index (κ2) is 6.96. The zero-order chi connectivity index (χ0) is 21.4. The Morgan fingerprint density at radius 1 is 1.03 bits per heavy atom. The predicted octanol–water partition coefficient (Wildman–Crippen LogP) is 6.42. The molecule has 0 amide bonds. The average molecular weight is 476 g/mol. The standard InChI is InChI=1S/C25H27Cl2NO2S/c26-21-6-5-17(13-22(21)27)16-31(29,30)28-12-7-18-14-24(8-2-9-24)25(10-11-25)20-4-1-3-19(15-28)23(18)20/h1,3-6,13,18H,2,7-12,14-16H2. The summed E-state index contributed by atoms with van der Waals surface area (Å²) >= 11 is 12.1. The van der Waals surface area contributed by atoms with E-state index < -0.39 is 10.0 Å². The fraction of sp³-hybridized carbons (Fsp3) is 0.520. The van der Waals surface area contributed by atoms with Gasteiger partial charge in [-0.2, -0.15) is 4.31 Å². The maximum atomic E-state index is 13.4. The molecule has 2 fully saturated rings. The Hall–Kier alpha value is -1.07. The van der Waals surface area contributed by atoms with Crippen molar-refractivity contribution in [2.75, 3.05) is 6.54 Å².